The molecule has 1 aromatic heterocycles. The monoisotopic (exact) mass is 246 g/mol. The number of aromatic nitrogens is 2. The van der Waals surface area contributed by atoms with Gasteiger partial charge in [-0.3, -0.25) is 4.90 Å². The van der Waals surface area contributed by atoms with Crippen LogP contribution in [0.2, 0.25) is 0 Å². The van der Waals surface area contributed by atoms with Crippen molar-refractivity contribution in [3.8, 4) is 0 Å². The molecule has 1 saturated carbocycles. The van der Waals surface area contributed by atoms with Crippen LogP contribution in [0.3, 0.4) is 0 Å². The minimum atomic E-state index is 0.674. The van der Waals surface area contributed by atoms with Gasteiger partial charge in [-0.15, -0.1) is 0 Å². The summed E-state index contributed by atoms with van der Waals surface area (Å²) in [5, 5.41) is 3.58. The lowest BCUT2D eigenvalue weighted by Crippen LogP contribution is -2.38. The summed E-state index contributed by atoms with van der Waals surface area (Å²) in [4.78, 5) is 11.2. The molecule has 2 heterocycles. The summed E-state index contributed by atoms with van der Waals surface area (Å²) < 4.78 is 0. The average molecular weight is 246 g/mol. The first-order valence-electron chi connectivity index (χ1n) is 7.12. The molecule has 0 spiro atoms. The van der Waals surface area contributed by atoms with Gasteiger partial charge >= 0.3 is 0 Å². The van der Waals surface area contributed by atoms with Gasteiger partial charge in [0.2, 0.25) is 0 Å². The Morgan fingerprint density at radius 1 is 1.17 bits per heavy atom. The summed E-state index contributed by atoms with van der Waals surface area (Å²) in [6, 6.07) is 2.56. The summed E-state index contributed by atoms with van der Waals surface area (Å²) in [5.74, 6) is 1.88. The molecular formula is C14H22N4. The van der Waals surface area contributed by atoms with Gasteiger partial charge in [0.05, 0.1) is 6.54 Å². The highest BCUT2D eigenvalue weighted by Crippen LogP contribution is 2.30. The maximum Gasteiger partial charge on any atom is 0.142 e. The van der Waals surface area contributed by atoms with Gasteiger partial charge in [0.15, 0.2) is 0 Å². The van der Waals surface area contributed by atoms with E-state index in [0.717, 1.165) is 24.8 Å². The van der Waals surface area contributed by atoms with Crippen LogP contribution in [-0.4, -0.2) is 40.5 Å². The van der Waals surface area contributed by atoms with E-state index in [1.807, 2.05) is 18.5 Å². The minimum absolute atomic E-state index is 0.674. The van der Waals surface area contributed by atoms with Gasteiger partial charge in [0.25, 0.3) is 0 Å². The third kappa shape index (κ3) is 3.50. The quantitative estimate of drug-likeness (QED) is 0.824. The van der Waals surface area contributed by atoms with Crippen molar-refractivity contribution < 1.29 is 0 Å². The van der Waals surface area contributed by atoms with Crippen LogP contribution >= 0.6 is 0 Å². The minimum Gasteiger partial charge on any atom is -0.313 e. The maximum atomic E-state index is 4.35. The zero-order valence-electron chi connectivity index (χ0n) is 10.9. The van der Waals surface area contributed by atoms with Crippen LogP contribution in [0, 0.1) is 5.92 Å². The molecule has 1 aliphatic heterocycles. The van der Waals surface area contributed by atoms with Crippen LogP contribution in [0.5, 0.6) is 0 Å². The lowest BCUT2D eigenvalue weighted by atomic mass is 10.2. The first-order chi connectivity index (χ1) is 8.90. The van der Waals surface area contributed by atoms with Crippen molar-refractivity contribution in [1.82, 2.24) is 20.2 Å². The Morgan fingerprint density at radius 2 is 2.00 bits per heavy atom. The molecule has 1 aromatic rings. The van der Waals surface area contributed by atoms with Crippen molar-refractivity contribution in [3.63, 3.8) is 0 Å². The summed E-state index contributed by atoms with van der Waals surface area (Å²) in [5.41, 5.74) is 0. The third-order valence-electron chi connectivity index (χ3n) is 3.84. The van der Waals surface area contributed by atoms with Crippen LogP contribution in [0.1, 0.15) is 31.5 Å². The van der Waals surface area contributed by atoms with E-state index in [0.29, 0.717) is 6.04 Å². The van der Waals surface area contributed by atoms with Crippen LogP contribution in [0.4, 0.5) is 0 Å². The summed E-state index contributed by atoms with van der Waals surface area (Å²) in [6.45, 7) is 4.45. The van der Waals surface area contributed by atoms with Crippen molar-refractivity contribution in [2.75, 3.05) is 19.6 Å². The lowest BCUT2D eigenvalue weighted by molar-refractivity contribution is 0.226. The largest absolute Gasteiger partial charge is 0.313 e. The van der Waals surface area contributed by atoms with Gasteiger partial charge in [0, 0.05) is 31.5 Å². The lowest BCUT2D eigenvalue weighted by Gasteiger charge is -2.24. The van der Waals surface area contributed by atoms with E-state index in [2.05, 4.69) is 20.2 Å². The van der Waals surface area contributed by atoms with E-state index in [1.165, 1.54) is 38.8 Å². The Morgan fingerprint density at radius 3 is 2.67 bits per heavy atom. The van der Waals surface area contributed by atoms with Crippen molar-refractivity contribution >= 4 is 0 Å². The second-order valence-corrected chi connectivity index (χ2v) is 5.60. The zero-order valence-corrected chi connectivity index (χ0v) is 10.9. The molecular weight excluding hydrogens is 224 g/mol. The van der Waals surface area contributed by atoms with Gasteiger partial charge in [-0.25, -0.2) is 9.97 Å². The molecule has 0 bridgehead atoms. The molecule has 1 N–H and O–H groups in total. The van der Waals surface area contributed by atoms with Crippen LogP contribution in [0.15, 0.2) is 18.5 Å². The van der Waals surface area contributed by atoms with Gasteiger partial charge in [0.1, 0.15) is 5.82 Å². The number of nitrogens with zero attached hydrogens (tertiary/aromatic N) is 3. The topological polar surface area (TPSA) is 41.1 Å². The molecule has 98 valence electrons. The number of nitrogens with one attached hydrogen (secondary N) is 1. The Bertz CT molecular complexity index is 357. The molecule has 2 aliphatic rings. The van der Waals surface area contributed by atoms with Gasteiger partial charge < -0.3 is 5.32 Å². The molecule has 0 radical (unpaired) electrons. The molecule has 1 aliphatic carbocycles. The van der Waals surface area contributed by atoms with Crippen molar-refractivity contribution in [2.24, 2.45) is 5.92 Å². The van der Waals surface area contributed by atoms with Crippen LogP contribution < -0.4 is 5.32 Å². The molecule has 18 heavy (non-hydrogen) atoms. The first-order valence-corrected chi connectivity index (χ1v) is 7.12. The van der Waals surface area contributed by atoms with E-state index in [4.69, 9.17) is 0 Å². The Kier molecular flexibility index (Phi) is 3.86. The van der Waals surface area contributed by atoms with E-state index in [1.54, 1.807) is 0 Å². The van der Waals surface area contributed by atoms with Crippen molar-refractivity contribution in [2.45, 2.75) is 38.3 Å². The van der Waals surface area contributed by atoms with E-state index in [9.17, 15) is 0 Å². The molecule has 3 rings (SSSR count). The fourth-order valence-corrected chi connectivity index (χ4v) is 2.71. The molecule has 0 amide bonds. The number of hydrogen-bond donors (Lipinski definition) is 1. The SMILES string of the molecule is c1cnc(CN(CC2CC2)CC2CCCN2)nc1. The van der Waals surface area contributed by atoms with Gasteiger partial charge in [-0.05, 0) is 44.2 Å². The second kappa shape index (κ2) is 5.76. The molecule has 4 nitrogen and oxygen atoms in total. The Hall–Kier alpha value is -1.00. The van der Waals surface area contributed by atoms with Crippen molar-refractivity contribution in [3.05, 3.63) is 24.3 Å². The molecule has 1 saturated heterocycles. The summed E-state index contributed by atoms with van der Waals surface area (Å²) in [6.07, 6.45) is 9.13. The van der Waals surface area contributed by atoms with Gasteiger partial charge in [-0.2, -0.15) is 0 Å². The standard InChI is InChI=1S/C14H22N4/c1-3-13(15-6-1)10-18(9-12-4-5-12)11-14-16-7-2-8-17-14/h2,7-8,12-13,15H,1,3-6,9-11H2. The van der Waals surface area contributed by atoms with E-state index >= 15 is 0 Å². The van der Waals surface area contributed by atoms with Crippen LogP contribution in [-0.2, 0) is 6.54 Å². The fraction of sp³-hybridized carbons (Fsp3) is 0.714. The van der Waals surface area contributed by atoms with Crippen LogP contribution in [0.25, 0.3) is 0 Å². The molecule has 0 aromatic carbocycles. The molecule has 1 unspecified atom stereocenters. The highest BCUT2D eigenvalue weighted by Gasteiger charge is 2.26. The Labute approximate surface area is 109 Å². The second-order valence-electron chi connectivity index (χ2n) is 5.60. The molecule has 2 fully saturated rings. The maximum absolute atomic E-state index is 4.35. The third-order valence-corrected chi connectivity index (χ3v) is 3.84. The van der Waals surface area contributed by atoms with Crippen molar-refractivity contribution in [1.29, 1.82) is 0 Å². The number of rotatable bonds is 6. The predicted octanol–water partition coefficient (Wildman–Crippen LogP) is 1.44. The highest BCUT2D eigenvalue weighted by molar-refractivity contribution is 4.91. The molecule has 4 heteroatoms. The zero-order chi connectivity index (χ0) is 12.2. The Balaban J connectivity index is 1.57. The summed E-state index contributed by atoms with van der Waals surface area (Å²) >= 11 is 0. The normalized spacial score (nSPS) is 23.7. The molecule has 1 atom stereocenters. The average Bonchev–Trinajstić information content (AvgIpc) is 3.05. The summed E-state index contributed by atoms with van der Waals surface area (Å²) in [7, 11) is 0. The predicted molar refractivity (Wildman–Crippen MR) is 71.1 cm³/mol. The fourth-order valence-electron chi connectivity index (χ4n) is 2.71. The van der Waals surface area contributed by atoms with Gasteiger partial charge in [-0.1, -0.05) is 0 Å². The van der Waals surface area contributed by atoms with E-state index < -0.39 is 0 Å². The number of hydrogen-bond acceptors (Lipinski definition) is 4. The van der Waals surface area contributed by atoms with E-state index in [-0.39, 0.29) is 0 Å². The smallest absolute Gasteiger partial charge is 0.142 e. The highest BCUT2D eigenvalue weighted by atomic mass is 15.2. The first kappa shape index (κ1) is 12.1.